The number of aromatic hydroxyl groups is 1. The van der Waals surface area contributed by atoms with Crippen molar-refractivity contribution in [1.82, 2.24) is 5.43 Å². The van der Waals surface area contributed by atoms with Crippen LogP contribution in [0.4, 0.5) is 0 Å². The Morgan fingerprint density at radius 1 is 1.56 bits per heavy atom. The Bertz CT molecular complexity index is 498. The number of benzene rings is 1. The fourth-order valence-corrected chi connectivity index (χ4v) is 1.33. The van der Waals surface area contributed by atoms with Gasteiger partial charge in [0.05, 0.1) is 13.3 Å². The lowest BCUT2D eigenvalue weighted by Crippen LogP contribution is -2.23. The second kappa shape index (κ2) is 6.61. The Kier molecular flexibility index (Phi) is 5.13. The molecule has 0 spiro atoms. The van der Waals surface area contributed by atoms with Crippen molar-refractivity contribution in [3.8, 4) is 11.5 Å². The highest BCUT2D eigenvalue weighted by atomic mass is 32.1. The molecule has 0 radical (unpaired) electrons. The average Bonchev–Trinajstić information content (AvgIpc) is 2.31. The molecule has 18 heavy (non-hydrogen) atoms. The number of hydrazone groups is 1. The van der Waals surface area contributed by atoms with E-state index < -0.39 is 0 Å². The van der Waals surface area contributed by atoms with Crippen LogP contribution in [0, 0.1) is 0 Å². The highest BCUT2D eigenvalue weighted by molar-refractivity contribution is 7.80. The molecule has 1 aromatic carbocycles. The molecule has 0 atom stereocenters. The maximum atomic E-state index is 9.46. The first-order valence-electron chi connectivity index (χ1n) is 5.16. The van der Waals surface area contributed by atoms with Crippen LogP contribution in [0.5, 0.6) is 11.5 Å². The molecule has 0 aliphatic carbocycles. The third-order valence-electron chi connectivity index (χ3n) is 2.04. The molecule has 0 saturated heterocycles. The Morgan fingerprint density at radius 3 is 2.89 bits per heavy atom. The number of thiocarbonyl (C=S) groups is 1. The molecule has 6 heteroatoms. The molecule has 0 amide bonds. The molecule has 96 valence electrons. The molecule has 0 fully saturated rings. The Hall–Kier alpha value is -2.08. The number of phenolic OH excluding ortho intramolecular Hbond substituents is 1. The largest absolute Gasteiger partial charge is 0.504 e. The fraction of sp³-hybridized carbons (Fsp3) is 0.167. The first-order chi connectivity index (χ1) is 8.52. The van der Waals surface area contributed by atoms with Crippen LogP contribution in [-0.2, 0) is 0 Å². The summed E-state index contributed by atoms with van der Waals surface area (Å²) < 4.78 is 5.02. The maximum absolute atomic E-state index is 9.46. The quantitative estimate of drug-likeness (QED) is 0.438. The van der Waals surface area contributed by atoms with Gasteiger partial charge in [0.2, 0.25) is 0 Å². The minimum absolute atomic E-state index is 0.108. The van der Waals surface area contributed by atoms with Crippen molar-refractivity contribution in [2.75, 3.05) is 7.11 Å². The SMILES string of the molecule is COc1cc(/C=C(C)/C=N\NC(N)=S)ccc1O. The van der Waals surface area contributed by atoms with E-state index in [1.54, 1.807) is 24.4 Å². The van der Waals surface area contributed by atoms with Crippen molar-refractivity contribution in [3.05, 3.63) is 29.3 Å². The van der Waals surface area contributed by atoms with Crippen molar-refractivity contribution in [3.63, 3.8) is 0 Å². The molecule has 0 saturated carbocycles. The molecule has 0 heterocycles. The summed E-state index contributed by atoms with van der Waals surface area (Å²) in [5, 5.41) is 13.4. The number of hydrogen-bond acceptors (Lipinski definition) is 4. The van der Waals surface area contributed by atoms with E-state index in [0.717, 1.165) is 11.1 Å². The van der Waals surface area contributed by atoms with Gasteiger partial charge in [0.1, 0.15) is 0 Å². The van der Waals surface area contributed by atoms with E-state index >= 15 is 0 Å². The van der Waals surface area contributed by atoms with Gasteiger partial charge in [0.25, 0.3) is 0 Å². The van der Waals surface area contributed by atoms with Gasteiger partial charge in [-0.2, -0.15) is 5.10 Å². The molecule has 0 unspecified atom stereocenters. The van der Waals surface area contributed by atoms with Crippen LogP contribution < -0.4 is 15.9 Å². The van der Waals surface area contributed by atoms with Crippen molar-refractivity contribution in [1.29, 1.82) is 0 Å². The predicted molar refractivity (Wildman–Crippen MR) is 76.7 cm³/mol. The number of nitrogens with two attached hydrogens (primary N) is 1. The second-order valence-electron chi connectivity index (χ2n) is 3.55. The van der Waals surface area contributed by atoms with Crippen molar-refractivity contribution in [2.45, 2.75) is 6.92 Å². The van der Waals surface area contributed by atoms with E-state index in [-0.39, 0.29) is 10.9 Å². The summed E-state index contributed by atoms with van der Waals surface area (Å²) in [6.45, 7) is 1.88. The smallest absolute Gasteiger partial charge is 0.184 e. The third kappa shape index (κ3) is 4.42. The lowest BCUT2D eigenvalue weighted by molar-refractivity contribution is 0.373. The van der Waals surface area contributed by atoms with Crippen molar-refractivity contribution in [2.24, 2.45) is 10.8 Å². The van der Waals surface area contributed by atoms with E-state index in [0.29, 0.717) is 5.75 Å². The standard InChI is InChI=1S/C12H15N3O2S/c1-8(7-14-15-12(13)18)5-9-3-4-10(16)11(6-9)17-2/h3-7,16H,1-2H3,(H3,13,15,18)/b8-5+,14-7-. The summed E-state index contributed by atoms with van der Waals surface area (Å²) in [6.07, 6.45) is 3.48. The molecular weight excluding hydrogens is 250 g/mol. The maximum Gasteiger partial charge on any atom is 0.184 e. The summed E-state index contributed by atoms with van der Waals surface area (Å²) in [4.78, 5) is 0. The van der Waals surface area contributed by atoms with Gasteiger partial charge in [0, 0.05) is 0 Å². The summed E-state index contributed by atoms with van der Waals surface area (Å²) in [5.74, 6) is 0.533. The minimum atomic E-state index is 0.108. The van der Waals surface area contributed by atoms with Gasteiger partial charge >= 0.3 is 0 Å². The van der Waals surface area contributed by atoms with Crippen LogP contribution in [0.15, 0.2) is 28.9 Å². The van der Waals surface area contributed by atoms with Gasteiger partial charge in [-0.3, -0.25) is 5.43 Å². The monoisotopic (exact) mass is 265 g/mol. The minimum Gasteiger partial charge on any atom is -0.504 e. The number of phenols is 1. The lowest BCUT2D eigenvalue weighted by atomic mass is 10.1. The highest BCUT2D eigenvalue weighted by Gasteiger charge is 2.00. The molecule has 4 N–H and O–H groups in total. The predicted octanol–water partition coefficient (Wildman–Crippen LogP) is 1.62. The molecule has 5 nitrogen and oxygen atoms in total. The van der Waals surface area contributed by atoms with Crippen LogP contribution in [0.2, 0.25) is 0 Å². The van der Waals surface area contributed by atoms with E-state index in [9.17, 15) is 5.11 Å². The Balaban J connectivity index is 2.82. The van der Waals surface area contributed by atoms with Gasteiger partial charge in [-0.15, -0.1) is 0 Å². The zero-order valence-electron chi connectivity index (χ0n) is 10.2. The molecular formula is C12H15N3O2S. The van der Waals surface area contributed by atoms with E-state index in [1.165, 1.54) is 7.11 Å². The van der Waals surface area contributed by atoms with Crippen LogP contribution >= 0.6 is 12.2 Å². The van der Waals surface area contributed by atoms with Gasteiger partial charge < -0.3 is 15.6 Å². The summed E-state index contributed by atoms with van der Waals surface area (Å²) >= 11 is 4.61. The number of nitrogens with one attached hydrogen (secondary N) is 1. The first-order valence-corrected chi connectivity index (χ1v) is 5.57. The number of nitrogens with zero attached hydrogens (tertiary/aromatic N) is 1. The van der Waals surface area contributed by atoms with E-state index in [2.05, 4.69) is 22.7 Å². The fourth-order valence-electron chi connectivity index (χ4n) is 1.28. The first kappa shape index (κ1) is 14.0. The average molecular weight is 265 g/mol. The van der Waals surface area contributed by atoms with Crippen LogP contribution in [-0.4, -0.2) is 23.5 Å². The molecule has 0 aliphatic heterocycles. The summed E-state index contributed by atoms with van der Waals surface area (Å²) in [5.41, 5.74) is 9.48. The van der Waals surface area contributed by atoms with Gasteiger partial charge in [-0.1, -0.05) is 12.1 Å². The van der Waals surface area contributed by atoms with E-state index in [4.69, 9.17) is 10.5 Å². The Labute approximate surface area is 111 Å². The van der Waals surface area contributed by atoms with Gasteiger partial charge in [-0.05, 0) is 42.4 Å². The molecule has 0 aromatic heterocycles. The van der Waals surface area contributed by atoms with Crippen LogP contribution in [0.25, 0.3) is 6.08 Å². The normalized spacial score (nSPS) is 11.6. The summed E-state index contributed by atoms with van der Waals surface area (Å²) in [7, 11) is 1.50. The van der Waals surface area contributed by atoms with E-state index in [1.807, 2.05) is 13.0 Å². The molecule has 0 aliphatic rings. The van der Waals surface area contributed by atoms with Gasteiger partial charge in [-0.25, -0.2) is 0 Å². The zero-order valence-corrected chi connectivity index (χ0v) is 11.0. The highest BCUT2D eigenvalue weighted by Crippen LogP contribution is 2.26. The van der Waals surface area contributed by atoms with Crippen LogP contribution in [0.1, 0.15) is 12.5 Å². The third-order valence-corrected chi connectivity index (χ3v) is 2.13. The number of methoxy groups -OCH3 is 1. The second-order valence-corrected chi connectivity index (χ2v) is 3.99. The zero-order chi connectivity index (χ0) is 13.5. The van der Waals surface area contributed by atoms with Crippen molar-refractivity contribution < 1.29 is 9.84 Å². The number of ether oxygens (including phenoxy) is 1. The lowest BCUT2D eigenvalue weighted by Gasteiger charge is -2.04. The number of hydrogen-bond donors (Lipinski definition) is 3. The van der Waals surface area contributed by atoms with Crippen LogP contribution in [0.3, 0.4) is 0 Å². The number of allylic oxidation sites excluding steroid dienone is 1. The molecule has 0 bridgehead atoms. The van der Waals surface area contributed by atoms with Crippen molar-refractivity contribution >= 4 is 29.6 Å². The number of rotatable bonds is 4. The summed E-state index contributed by atoms with van der Waals surface area (Å²) in [6, 6.07) is 5.08. The Morgan fingerprint density at radius 2 is 2.28 bits per heavy atom. The molecule has 1 aromatic rings. The topological polar surface area (TPSA) is 79.9 Å². The van der Waals surface area contributed by atoms with Gasteiger partial charge in [0.15, 0.2) is 16.6 Å². The molecule has 1 rings (SSSR count).